The van der Waals surface area contributed by atoms with Crippen molar-refractivity contribution in [3.63, 3.8) is 0 Å². The van der Waals surface area contributed by atoms with Crippen LogP contribution in [0.2, 0.25) is 0 Å². The molecule has 43 heavy (non-hydrogen) atoms. The molecule has 3 nitrogen and oxygen atoms in total. The third-order valence-electron chi connectivity index (χ3n) is 8.60. The fraction of sp³-hybridized carbons (Fsp3) is 0. The van der Waals surface area contributed by atoms with Crippen LogP contribution in [-0.4, -0.2) is 14.5 Å². The quantitative estimate of drug-likeness (QED) is 0.206. The monoisotopic (exact) mass is 547 g/mol. The van der Waals surface area contributed by atoms with E-state index >= 15 is 0 Å². The van der Waals surface area contributed by atoms with E-state index < -0.39 is 0 Å². The van der Waals surface area contributed by atoms with Gasteiger partial charge in [-0.25, -0.2) is 4.98 Å². The second-order valence-electron chi connectivity index (χ2n) is 11.1. The average Bonchev–Trinajstić information content (AvgIpc) is 3.40. The largest absolute Gasteiger partial charge is 0.309 e. The van der Waals surface area contributed by atoms with Crippen molar-refractivity contribution in [2.75, 3.05) is 0 Å². The lowest BCUT2D eigenvalue weighted by molar-refractivity contribution is 1.18. The predicted molar refractivity (Wildman–Crippen MR) is 180 cm³/mol. The van der Waals surface area contributed by atoms with Crippen LogP contribution in [0.1, 0.15) is 0 Å². The second kappa shape index (κ2) is 9.37. The first-order valence-corrected chi connectivity index (χ1v) is 14.6. The smallest absolute Gasteiger partial charge is 0.0788 e. The van der Waals surface area contributed by atoms with Crippen molar-refractivity contribution in [2.45, 2.75) is 0 Å². The Balaban J connectivity index is 1.30. The van der Waals surface area contributed by atoms with Gasteiger partial charge in [0, 0.05) is 44.4 Å². The first-order valence-electron chi connectivity index (χ1n) is 14.6. The van der Waals surface area contributed by atoms with Crippen LogP contribution >= 0.6 is 0 Å². The molecule has 0 bridgehead atoms. The highest BCUT2D eigenvalue weighted by Gasteiger charge is 2.17. The van der Waals surface area contributed by atoms with Crippen molar-refractivity contribution in [1.82, 2.24) is 14.5 Å². The second-order valence-corrected chi connectivity index (χ2v) is 11.1. The van der Waals surface area contributed by atoms with E-state index in [1.165, 1.54) is 43.7 Å². The lowest BCUT2D eigenvalue weighted by atomic mass is 9.96. The Morgan fingerprint density at radius 2 is 1.16 bits per heavy atom. The van der Waals surface area contributed by atoms with E-state index in [1.54, 1.807) is 0 Å². The summed E-state index contributed by atoms with van der Waals surface area (Å²) in [5.41, 5.74) is 9.99. The zero-order chi connectivity index (χ0) is 28.3. The maximum Gasteiger partial charge on any atom is 0.0788 e. The van der Waals surface area contributed by atoms with Crippen LogP contribution < -0.4 is 0 Å². The van der Waals surface area contributed by atoms with Crippen LogP contribution in [0, 0.1) is 0 Å². The molecule has 0 spiro atoms. The maximum absolute atomic E-state index is 5.26. The predicted octanol–water partition coefficient (Wildman–Crippen LogP) is 10.4. The SMILES string of the molecule is c1ccc(-n2c3ccccc3c3cc4c(cc32)c(-c2ccc(-c3ccc5ncccc5c3)cc2)nc2ccccc24)cc1. The van der Waals surface area contributed by atoms with Gasteiger partial charge in [0.05, 0.1) is 27.8 Å². The lowest BCUT2D eigenvalue weighted by Crippen LogP contribution is -1.94. The van der Waals surface area contributed by atoms with Gasteiger partial charge in [-0.15, -0.1) is 0 Å². The standard InChI is InChI=1S/C40H25N3/c1-2-10-30(11-3-1)43-38-15-7-5-13-32(38)34-24-33-31-12-4-6-14-37(31)42-40(35(33)25-39(34)43)27-18-16-26(17-19-27)28-20-21-36-29(23-28)9-8-22-41-36/h1-25H. The molecule has 0 radical (unpaired) electrons. The fourth-order valence-electron chi connectivity index (χ4n) is 6.56. The molecule has 9 rings (SSSR count). The van der Waals surface area contributed by atoms with Crippen molar-refractivity contribution in [2.24, 2.45) is 0 Å². The Kier molecular flexibility index (Phi) is 5.20. The minimum absolute atomic E-state index is 0.995. The number of hydrogen-bond donors (Lipinski definition) is 0. The average molecular weight is 548 g/mol. The van der Waals surface area contributed by atoms with E-state index in [0.29, 0.717) is 0 Å². The molecule has 0 saturated heterocycles. The van der Waals surface area contributed by atoms with Gasteiger partial charge in [-0.2, -0.15) is 0 Å². The molecular formula is C40H25N3. The number of hydrogen-bond acceptors (Lipinski definition) is 2. The summed E-state index contributed by atoms with van der Waals surface area (Å²) < 4.78 is 2.38. The third-order valence-corrected chi connectivity index (χ3v) is 8.60. The highest BCUT2D eigenvalue weighted by atomic mass is 15.0. The van der Waals surface area contributed by atoms with Crippen molar-refractivity contribution in [3.8, 4) is 28.1 Å². The highest BCUT2D eigenvalue weighted by Crippen LogP contribution is 2.40. The summed E-state index contributed by atoms with van der Waals surface area (Å²) in [6.07, 6.45) is 1.84. The van der Waals surface area contributed by atoms with Gasteiger partial charge in [0.25, 0.3) is 0 Å². The van der Waals surface area contributed by atoms with E-state index in [9.17, 15) is 0 Å². The molecule has 3 aromatic heterocycles. The van der Waals surface area contributed by atoms with Gasteiger partial charge in [0.1, 0.15) is 0 Å². The summed E-state index contributed by atoms with van der Waals surface area (Å²) >= 11 is 0. The van der Waals surface area contributed by atoms with Gasteiger partial charge >= 0.3 is 0 Å². The molecule has 0 atom stereocenters. The lowest BCUT2D eigenvalue weighted by Gasteiger charge is -2.13. The van der Waals surface area contributed by atoms with Crippen molar-refractivity contribution in [1.29, 1.82) is 0 Å². The fourth-order valence-corrected chi connectivity index (χ4v) is 6.56. The van der Waals surface area contributed by atoms with Crippen LogP contribution in [0.3, 0.4) is 0 Å². The number of fused-ring (bicyclic) bond motifs is 7. The molecule has 3 heterocycles. The first kappa shape index (κ1) is 23.9. The number of rotatable bonds is 3. The minimum Gasteiger partial charge on any atom is -0.309 e. The van der Waals surface area contributed by atoms with E-state index in [2.05, 4.69) is 149 Å². The number of aromatic nitrogens is 3. The van der Waals surface area contributed by atoms with Crippen LogP contribution in [-0.2, 0) is 0 Å². The van der Waals surface area contributed by atoms with Crippen molar-refractivity contribution >= 4 is 54.4 Å². The summed E-state index contributed by atoms with van der Waals surface area (Å²) in [6, 6.07) is 51.9. The Labute approximate surface area is 248 Å². The van der Waals surface area contributed by atoms with Gasteiger partial charge in [0.2, 0.25) is 0 Å². The van der Waals surface area contributed by atoms with Gasteiger partial charge in [0.15, 0.2) is 0 Å². The number of pyridine rings is 2. The zero-order valence-electron chi connectivity index (χ0n) is 23.3. The number of nitrogens with zero attached hydrogens (tertiary/aromatic N) is 3. The summed E-state index contributed by atoms with van der Waals surface area (Å²) in [5.74, 6) is 0. The highest BCUT2D eigenvalue weighted by molar-refractivity contribution is 6.20. The molecule has 0 aliphatic heterocycles. The molecule has 0 fully saturated rings. The Morgan fingerprint density at radius 1 is 0.419 bits per heavy atom. The molecule has 200 valence electrons. The van der Waals surface area contributed by atoms with E-state index in [-0.39, 0.29) is 0 Å². The molecule has 0 amide bonds. The minimum atomic E-state index is 0.995. The van der Waals surface area contributed by atoms with Gasteiger partial charge in [-0.3, -0.25) is 4.98 Å². The zero-order valence-corrected chi connectivity index (χ0v) is 23.3. The molecule has 6 aromatic carbocycles. The summed E-state index contributed by atoms with van der Waals surface area (Å²) in [4.78, 5) is 9.74. The summed E-state index contributed by atoms with van der Waals surface area (Å²) in [5, 5.41) is 7.17. The van der Waals surface area contributed by atoms with E-state index in [0.717, 1.165) is 38.8 Å². The summed E-state index contributed by atoms with van der Waals surface area (Å²) in [6.45, 7) is 0. The van der Waals surface area contributed by atoms with E-state index in [4.69, 9.17) is 4.98 Å². The third kappa shape index (κ3) is 3.75. The topological polar surface area (TPSA) is 30.7 Å². The Morgan fingerprint density at radius 3 is 2.05 bits per heavy atom. The van der Waals surface area contributed by atoms with Crippen molar-refractivity contribution in [3.05, 3.63) is 152 Å². The number of para-hydroxylation sites is 3. The van der Waals surface area contributed by atoms with Crippen LogP contribution in [0.25, 0.3) is 82.5 Å². The normalized spacial score (nSPS) is 11.7. The Bertz CT molecular complexity index is 2490. The molecule has 3 heteroatoms. The first-order chi connectivity index (χ1) is 21.3. The maximum atomic E-state index is 5.26. The van der Waals surface area contributed by atoms with Crippen molar-refractivity contribution < 1.29 is 0 Å². The van der Waals surface area contributed by atoms with Crippen LogP contribution in [0.5, 0.6) is 0 Å². The van der Waals surface area contributed by atoms with Crippen LogP contribution in [0.15, 0.2) is 152 Å². The summed E-state index contributed by atoms with van der Waals surface area (Å²) in [7, 11) is 0. The molecule has 0 aliphatic carbocycles. The molecule has 0 unspecified atom stereocenters. The molecule has 0 aliphatic rings. The van der Waals surface area contributed by atoms with Gasteiger partial charge in [-0.1, -0.05) is 91.0 Å². The van der Waals surface area contributed by atoms with E-state index in [1.807, 2.05) is 12.3 Å². The Hall–Kier alpha value is -5.80. The molecule has 0 saturated carbocycles. The van der Waals surface area contributed by atoms with Gasteiger partial charge in [-0.05, 0) is 71.1 Å². The van der Waals surface area contributed by atoms with Crippen LogP contribution in [0.4, 0.5) is 0 Å². The molecular weight excluding hydrogens is 522 g/mol. The molecule has 9 aromatic rings. The van der Waals surface area contributed by atoms with Gasteiger partial charge < -0.3 is 4.57 Å². The number of benzene rings is 6. The molecule has 0 N–H and O–H groups in total.